The highest BCUT2D eigenvalue weighted by atomic mass is 19.1. The lowest BCUT2D eigenvalue weighted by atomic mass is 10.1. The Labute approximate surface area is 157 Å². The van der Waals surface area contributed by atoms with Crippen LogP contribution in [0.4, 0.5) is 10.1 Å². The summed E-state index contributed by atoms with van der Waals surface area (Å²) >= 11 is 0. The van der Waals surface area contributed by atoms with E-state index in [-0.39, 0.29) is 18.1 Å². The molecule has 2 heterocycles. The van der Waals surface area contributed by atoms with Crippen LogP contribution in [0.5, 0.6) is 0 Å². The van der Waals surface area contributed by atoms with Crippen molar-refractivity contribution >= 4 is 23.2 Å². The van der Waals surface area contributed by atoms with Crippen LogP contribution in [-0.4, -0.2) is 10.9 Å². The second-order valence-electron chi connectivity index (χ2n) is 6.74. The molecule has 5 heteroatoms. The third-order valence-corrected chi connectivity index (χ3v) is 4.67. The minimum atomic E-state index is -0.267. The zero-order chi connectivity index (χ0) is 19.0. The Bertz CT molecular complexity index is 1050. The Hall–Kier alpha value is -3.21. The number of aryl methyl sites for hydroxylation is 2. The highest BCUT2D eigenvalue weighted by molar-refractivity contribution is 6.06. The number of hydrogen-bond acceptors (Lipinski definition) is 3. The average molecular weight is 362 g/mol. The van der Waals surface area contributed by atoms with Crippen molar-refractivity contribution in [2.45, 2.75) is 26.8 Å². The number of anilines is 1. The number of oxazole rings is 1. The number of para-hydroxylation sites is 1. The van der Waals surface area contributed by atoms with Gasteiger partial charge in [0.25, 0.3) is 0 Å². The van der Waals surface area contributed by atoms with Crippen LogP contribution >= 0.6 is 0 Å². The molecule has 0 aliphatic carbocycles. The third-order valence-electron chi connectivity index (χ3n) is 4.67. The van der Waals surface area contributed by atoms with Crippen LogP contribution in [0, 0.1) is 19.7 Å². The highest BCUT2D eigenvalue weighted by Crippen LogP contribution is 2.33. The van der Waals surface area contributed by atoms with Gasteiger partial charge in [-0.15, -0.1) is 0 Å². The van der Waals surface area contributed by atoms with Gasteiger partial charge in [-0.2, -0.15) is 0 Å². The van der Waals surface area contributed by atoms with Gasteiger partial charge >= 0.3 is 0 Å². The monoisotopic (exact) mass is 362 g/mol. The van der Waals surface area contributed by atoms with Crippen molar-refractivity contribution in [1.82, 2.24) is 4.98 Å². The lowest BCUT2D eigenvalue weighted by Gasteiger charge is -2.23. The summed E-state index contributed by atoms with van der Waals surface area (Å²) in [6, 6.07) is 12.7. The first-order valence-corrected chi connectivity index (χ1v) is 8.79. The van der Waals surface area contributed by atoms with Crippen molar-refractivity contribution in [3.05, 3.63) is 82.8 Å². The van der Waals surface area contributed by atoms with Crippen LogP contribution in [0.25, 0.3) is 11.6 Å². The molecule has 1 aliphatic heterocycles. The van der Waals surface area contributed by atoms with Gasteiger partial charge in [-0.05, 0) is 48.7 Å². The maximum absolute atomic E-state index is 14.0. The molecule has 0 radical (unpaired) electrons. The zero-order valence-electron chi connectivity index (χ0n) is 15.2. The second-order valence-corrected chi connectivity index (χ2v) is 6.74. The third kappa shape index (κ3) is 3.40. The van der Waals surface area contributed by atoms with Crippen LogP contribution in [0.1, 0.15) is 34.8 Å². The van der Waals surface area contributed by atoms with Crippen molar-refractivity contribution in [1.29, 1.82) is 0 Å². The lowest BCUT2D eigenvalue weighted by Crippen LogP contribution is -2.30. The summed E-state index contributed by atoms with van der Waals surface area (Å²) < 4.78 is 19.6. The van der Waals surface area contributed by atoms with Crippen molar-refractivity contribution < 1.29 is 13.6 Å². The van der Waals surface area contributed by atoms with Gasteiger partial charge in [0.1, 0.15) is 11.6 Å². The number of benzene rings is 2. The largest absolute Gasteiger partial charge is 0.442 e. The fourth-order valence-corrected chi connectivity index (χ4v) is 3.22. The highest BCUT2D eigenvalue weighted by Gasteiger charge is 2.25. The molecule has 0 unspecified atom stereocenters. The van der Waals surface area contributed by atoms with Crippen molar-refractivity contribution in [2.75, 3.05) is 4.90 Å². The summed E-state index contributed by atoms with van der Waals surface area (Å²) in [5.74, 6) is 0.807. The molecule has 1 aliphatic rings. The molecule has 4 nitrogen and oxygen atoms in total. The van der Waals surface area contributed by atoms with Gasteiger partial charge < -0.3 is 9.32 Å². The standard InChI is InChI=1S/C22H19FN2O2/c1-14-7-8-16(9-19(14)23)13-25-20-6-4-3-5-17(20)10-18(11-21(25)26)22-24-12-15(2)27-22/h3-10,12H,11,13H2,1-2H3. The summed E-state index contributed by atoms with van der Waals surface area (Å²) in [5, 5.41) is 0. The quantitative estimate of drug-likeness (QED) is 0.665. The Morgan fingerprint density at radius 1 is 1.19 bits per heavy atom. The number of rotatable bonds is 3. The molecule has 0 saturated heterocycles. The van der Waals surface area contributed by atoms with Gasteiger partial charge in [0, 0.05) is 5.57 Å². The fraction of sp³-hybridized carbons (Fsp3) is 0.182. The van der Waals surface area contributed by atoms with Gasteiger partial charge in [-0.25, -0.2) is 9.37 Å². The number of hydrogen-bond donors (Lipinski definition) is 0. The molecular weight excluding hydrogens is 343 g/mol. The van der Waals surface area contributed by atoms with Crippen molar-refractivity contribution in [3.63, 3.8) is 0 Å². The van der Waals surface area contributed by atoms with Crippen LogP contribution in [-0.2, 0) is 11.3 Å². The molecule has 136 valence electrons. The number of carbonyl (C=O) groups excluding carboxylic acids is 1. The SMILES string of the molecule is Cc1cnc(C2=Cc3ccccc3N(Cc3ccc(C)c(F)c3)C(=O)C2)o1. The summed E-state index contributed by atoms with van der Waals surface area (Å²) in [4.78, 5) is 19.0. The molecule has 2 aromatic carbocycles. The van der Waals surface area contributed by atoms with E-state index >= 15 is 0 Å². The topological polar surface area (TPSA) is 46.3 Å². The molecule has 1 aromatic heterocycles. The molecule has 0 N–H and O–H groups in total. The molecule has 0 fully saturated rings. The van der Waals surface area contributed by atoms with Crippen LogP contribution in [0.2, 0.25) is 0 Å². The predicted octanol–water partition coefficient (Wildman–Crippen LogP) is 4.91. The fourth-order valence-electron chi connectivity index (χ4n) is 3.22. The first-order valence-electron chi connectivity index (χ1n) is 8.79. The molecule has 0 atom stereocenters. The van der Waals surface area contributed by atoms with E-state index in [0.717, 1.165) is 22.4 Å². The van der Waals surface area contributed by atoms with Crippen LogP contribution in [0.15, 0.2) is 53.1 Å². The summed E-state index contributed by atoms with van der Waals surface area (Å²) in [7, 11) is 0. The predicted molar refractivity (Wildman–Crippen MR) is 102 cm³/mol. The summed E-state index contributed by atoms with van der Waals surface area (Å²) in [6.07, 6.45) is 3.75. The van der Waals surface area contributed by atoms with Gasteiger partial charge in [-0.3, -0.25) is 4.79 Å². The number of fused-ring (bicyclic) bond motifs is 1. The normalized spacial score (nSPS) is 14.0. The van der Waals surface area contributed by atoms with Crippen LogP contribution < -0.4 is 4.90 Å². The van der Waals surface area contributed by atoms with E-state index in [1.807, 2.05) is 43.3 Å². The summed E-state index contributed by atoms with van der Waals surface area (Å²) in [6.45, 7) is 3.85. The number of halogens is 1. The van der Waals surface area contributed by atoms with Crippen molar-refractivity contribution in [3.8, 4) is 0 Å². The van der Waals surface area contributed by atoms with E-state index < -0.39 is 0 Å². The summed E-state index contributed by atoms with van der Waals surface area (Å²) in [5.41, 5.74) is 3.77. The minimum Gasteiger partial charge on any atom is -0.442 e. The van der Waals surface area contributed by atoms with Gasteiger partial charge in [0.15, 0.2) is 0 Å². The molecule has 3 aromatic rings. The van der Waals surface area contributed by atoms with Gasteiger partial charge in [-0.1, -0.05) is 30.3 Å². The van der Waals surface area contributed by atoms with Crippen LogP contribution in [0.3, 0.4) is 0 Å². The van der Waals surface area contributed by atoms with E-state index in [9.17, 15) is 9.18 Å². The van der Waals surface area contributed by atoms with E-state index in [0.29, 0.717) is 23.8 Å². The van der Waals surface area contributed by atoms with E-state index in [4.69, 9.17) is 4.42 Å². The average Bonchev–Trinajstić information content (AvgIpc) is 3.03. The Balaban J connectivity index is 1.73. The molecule has 0 saturated carbocycles. The van der Waals surface area contributed by atoms with Crippen molar-refractivity contribution in [2.24, 2.45) is 0 Å². The maximum atomic E-state index is 14.0. The molecule has 4 rings (SSSR count). The van der Waals surface area contributed by atoms with Gasteiger partial charge in [0.2, 0.25) is 11.8 Å². The number of aromatic nitrogens is 1. The van der Waals surface area contributed by atoms with E-state index in [2.05, 4.69) is 4.98 Å². The Kier molecular flexibility index (Phi) is 4.36. The molecule has 0 bridgehead atoms. The van der Waals surface area contributed by atoms with E-state index in [1.54, 1.807) is 24.1 Å². The number of amides is 1. The molecule has 0 spiro atoms. The second kappa shape index (κ2) is 6.83. The lowest BCUT2D eigenvalue weighted by molar-refractivity contribution is -0.117. The maximum Gasteiger partial charge on any atom is 0.231 e. The first kappa shape index (κ1) is 17.2. The Morgan fingerprint density at radius 2 is 2.00 bits per heavy atom. The number of nitrogens with zero attached hydrogens (tertiary/aromatic N) is 2. The number of carbonyl (C=O) groups is 1. The van der Waals surface area contributed by atoms with E-state index in [1.165, 1.54) is 6.07 Å². The molecule has 27 heavy (non-hydrogen) atoms. The minimum absolute atomic E-state index is 0.0805. The smallest absolute Gasteiger partial charge is 0.231 e. The zero-order valence-corrected chi connectivity index (χ0v) is 15.2. The molecular formula is C22H19FN2O2. The molecule has 1 amide bonds. The first-order chi connectivity index (χ1) is 13.0. The Morgan fingerprint density at radius 3 is 2.74 bits per heavy atom. The van der Waals surface area contributed by atoms with Gasteiger partial charge in [0.05, 0.1) is 24.8 Å².